The van der Waals surface area contributed by atoms with Gasteiger partial charge >= 0.3 is 12.0 Å². The largest absolute Gasteiger partial charge is 0.480 e. The lowest BCUT2D eigenvalue weighted by Crippen LogP contribution is -2.46. The molecule has 104 valence electrons. The lowest BCUT2D eigenvalue weighted by atomic mass is 10.2. The summed E-state index contributed by atoms with van der Waals surface area (Å²) in [6.07, 6.45) is 2.97. The fraction of sp³-hybridized carbons (Fsp3) is 0.818. The van der Waals surface area contributed by atoms with E-state index in [0.717, 1.165) is 25.9 Å². The second kappa shape index (κ2) is 7.88. The minimum absolute atomic E-state index is 0.00547. The number of carbonyl (C=O) groups is 2. The minimum Gasteiger partial charge on any atom is -0.480 e. The Hall–Kier alpha value is -1.34. The number of ether oxygens (including phenoxy) is 1. The third-order valence-corrected chi connectivity index (χ3v) is 2.80. The SMILES string of the molecule is O=C(NCCC1CCCO1)NC(CCO)C(=O)O. The molecule has 0 aromatic rings. The third kappa shape index (κ3) is 5.33. The zero-order chi connectivity index (χ0) is 13.4. The van der Waals surface area contributed by atoms with Crippen molar-refractivity contribution in [3.05, 3.63) is 0 Å². The van der Waals surface area contributed by atoms with Crippen molar-refractivity contribution in [3.63, 3.8) is 0 Å². The smallest absolute Gasteiger partial charge is 0.326 e. The van der Waals surface area contributed by atoms with Crippen LogP contribution in [0.2, 0.25) is 0 Å². The normalized spacial score (nSPS) is 20.4. The van der Waals surface area contributed by atoms with Crippen LogP contribution in [-0.4, -0.2) is 54.1 Å². The molecule has 7 nitrogen and oxygen atoms in total. The molecule has 4 N–H and O–H groups in total. The maximum atomic E-state index is 11.4. The van der Waals surface area contributed by atoms with E-state index in [1.807, 2.05) is 0 Å². The Bertz CT molecular complexity index is 279. The monoisotopic (exact) mass is 260 g/mol. The molecule has 0 saturated carbocycles. The molecule has 18 heavy (non-hydrogen) atoms. The van der Waals surface area contributed by atoms with Crippen LogP contribution in [0, 0.1) is 0 Å². The van der Waals surface area contributed by atoms with Crippen LogP contribution in [0.1, 0.15) is 25.7 Å². The highest BCUT2D eigenvalue weighted by molar-refractivity contribution is 5.82. The molecule has 2 unspecified atom stereocenters. The molecule has 0 bridgehead atoms. The fourth-order valence-electron chi connectivity index (χ4n) is 1.81. The van der Waals surface area contributed by atoms with Crippen molar-refractivity contribution >= 4 is 12.0 Å². The van der Waals surface area contributed by atoms with Crippen LogP contribution >= 0.6 is 0 Å². The van der Waals surface area contributed by atoms with Crippen molar-refractivity contribution in [3.8, 4) is 0 Å². The second-order valence-corrected chi connectivity index (χ2v) is 4.23. The van der Waals surface area contributed by atoms with Crippen molar-refractivity contribution in [1.29, 1.82) is 0 Å². The molecule has 2 amide bonds. The topological polar surface area (TPSA) is 108 Å². The van der Waals surface area contributed by atoms with E-state index in [2.05, 4.69) is 10.6 Å². The summed E-state index contributed by atoms with van der Waals surface area (Å²) in [4.78, 5) is 22.1. The standard InChI is InChI=1S/C11H20N2O5/c14-6-4-9(10(15)16)13-11(17)12-5-3-8-2-1-7-18-8/h8-9,14H,1-7H2,(H,15,16)(H2,12,13,17). The Balaban J connectivity index is 2.16. The van der Waals surface area contributed by atoms with Gasteiger partial charge in [-0.05, 0) is 19.3 Å². The van der Waals surface area contributed by atoms with E-state index in [0.29, 0.717) is 6.54 Å². The van der Waals surface area contributed by atoms with E-state index < -0.39 is 18.0 Å². The van der Waals surface area contributed by atoms with E-state index in [9.17, 15) is 9.59 Å². The summed E-state index contributed by atoms with van der Waals surface area (Å²) in [5.41, 5.74) is 0. The first-order valence-corrected chi connectivity index (χ1v) is 6.13. The molecular formula is C11H20N2O5. The number of aliphatic carboxylic acids is 1. The summed E-state index contributed by atoms with van der Waals surface area (Å²) < 4.78 is 5.39. The van der Waals surface area contributed by atoms with Crippen molar-refractivity contribution in [2.24, 2.45) is 0 Å². The van der Waals surface area contributed by atoms with Crippen LogP contribution in [0.15, 0.2) is 0 Å². The molecule has 0 radical (unpaired) electrons. The highest BCUT2D eigenvalue weighted by Gasteiger charge is 2.19. The predicted octanol–water partition coefficient (Wildman–Crippen LogP) is -0.310. The molecule has 7 heteroatoms. The van der Waals surface area contributed by atoms with E-state index in [4.69, 9.17) is 14.9 Å². The number of carboxylic acid groups (broad SMARTS) is 1. The van der Waals surface area contributed by atoms with Crippen molar-refractivity contribution in [2.45, 2.75) is 37.8 Å². The molecule has 1 saturated heterocycles. The summed E-state index contributed by atoms with van der Waals surface area (Å²) in [6, 6.07) is -1.59. The Labute approximate surface area is 106 Å². The number of aliphatic hydroxyl groups is 1. The molecule has 1 fully saturated rings. The van der Waals surface area contributed by atoms with Gasteiger partial charge in [0.15, 0.2) is 0 Å². The van der Waals surface area contributed by atoms with Crippen LogP contribution < -0.4 is 10.6 Å². The average Bonchev–Trinajstić information content (AvgIpc) is 2.81. The molecule has 0 aliphatic carbocycles. The number of hydrogen-bond acceptors (Lipinski definition) is 4. The number of rotatable bonds is 7. The van der Waals surface area contributed by atoms with Gasteiger partial charge < -0.3 is 25.6 Å². The van der Waals surface area contributed by atoms with Gasteiger partial charge in [0.2, 0.25) is 0 Å². The zero-order valence-corrected chi connectivity index (χ0v) is 10.2. The van der Waals surface area contributed by atoms with Gasteiger partial charge in [0.1, 0.15) is 6.04 Å². The average molecular weight is 260 g/mol. The van der Waals surface area contributed by atoms with E-state index in [-0.39, 0.29) is 19.1 Å². The lowest BCUT2D eigenvalue weighted by molar-refractivity contribution is -0.139. The molecule has 0 aromatic carbocycles. The number of carbonyl (C=O) groups excluding carboxylic acids is 1. The first kappa shape index (κ1) is 14.7. The number of hydrogen-bond donors (Lipinski definition) is 4. The minimum atomic E-state index is -1.15. The Kier molecular flexibility index (Phi) is 6.45. The van der Waals surface area contributed by atoms with Gasteiger partial charge in [0, 0.05) is 26.2 Å². The Morgan fingerprint density at radius 2 is 2.22 bits per heavy atom. The van der Waals surface area contributed by atoms with E-state index >= 15 is 0 Å². The first-order chi connectivity index (χ1) is 8.63. The lowest BCUT2D eigenvalue weighted by Gasteiger charge is -2.15. The van der Waals surface area contributed by atoms with Gasteiger partial charge in [-0.25, -0.2) is 9.59 Å². The number of carboxylic acids is 1. The zero-order valence-electron chi connectivity index (χ0n) is 10.2. The quantitative estimate of drug-likeness (QED) is 0.502. The number of amides is 2. The van der Waals surface area contributed by atoms with Gasteiger partial charge in [0.25, 0.3) is 0 Å². The number of urea groups is 1. The molecule has 0 aromatic heterocycles. The van der Waals surface area contributed by atoms with Gasteiger partial charge in [-0.15, -0.1) is 0 Å². The van der Waals surface area contributed by atoms with Crippen LogP contribution in [0.25, 0.3) is 0 Å². The van der Waals surface area contributed by atoms with Crippen molar-refractivity contribution in [2.75, 3.05) is 19.8 Å². The van der Waals surface area contributed by atoms with Gasteiger partial charge in [-0.1, -0.05) is 0 Å². The number of nitrogens with one attached hydrogen (secondary N) is 2. The van der Waals surface area contributed by atoms with Crippen LogP contribution in [-0.2, 0) is 9.53 Å². The van der Waals surface area contributed by atoms with Gasteiger partial charge in [-0.3, -0.25) is 0 Å². The number of aliphatic hydroxyl groups excluding tert-OH is 1. The summed E-state index contributed by atoms with van der Waals surface area (Å²) in [7, 11) is 0. The molecule has 1 aliphatic heterocycles. The second-order valence-electron chi connectivity index (χ2n) is 4.23. The molecular weight excluding hydrogens is 240 g/mol. The van der Waals surface area contributed by atoms with Crippen LogP contribution in [0.3, 0.4) is 0 Å². The fourth-order valence-corrected chi connectivity index (χ4v) is 1.81. The highest BCUT2D eigenvalue weighted by atomic mass is 16.5. The Morgan fingerprint density at radius 1 is 1.44 bits per heavy atom. The third-order valence-electron chi connectivity index (χ3n) is 2.80. The van der Waals surface area contributed by atoms with Crippen molar-refractivity contribution in [1.82, 2.24) is 10.6 Å². The van der Waals surface area contributed by atoms with Crippen molar-refractivity contribution < 1.29 is 24.5 Å². The maximum absolute atomic E-state index is 11.4. The Morgan fingerprint density at radius 3 is 2.78 bits per heavy atom. The summed E-state index contributed by atoms with van der Waals surface area (Å²) in [6.45, 7) is 0.934. The van der Waals surface area contributed by atoms with Crippen LogP contribution in [0.5, 0.6) is 0 Å². The molecule has 1 aliphatic rings. The predicted molar refractivity (Wildman–Crippen MR) is 63.3 cm³/mol. The molecule has 1 heterocycles. The van der Waals surface area contributed by atoms with Crippen LogP contribution in [0.4, 0.5) is 4.79 Å². The summed E-state index contributed by atoms with van der Waals surface area (Å²) in [5.74, 6) is -1.15. The highest BCUT2D eigenvalue weighted by Crippen LogP contribution is 2.14. The van der Waals surface area contributed by atoms with Gasteiger partial charge in [-0.2, -0.15) is 0 Å². The maximum Gasteiger partial charge on any atom is 0.326 e. The van der Waals surface area contributed by atoms with E-state index in [1.165, 1.54) is 0 Å². The van der Waals surface area contributed by atoms with Gasteiger partial charge in [0.05, 0.1) is 6.10 Å². The first-order valence-electron chi connectivity index (χ1n) is 6.13. The summed E-state index contributed by atoms with van der Waals surface area (Å²) in [5, 5.41) is 22.3. The molecule has 0 spiro atoms. The molecule has 1 rings (SSSR count). The van der Waals surface area contributed by atoms with E-state index in [1.54, 1.807) is 0 Å². The summed E-state index contributed by atoms with van der Waals surface area (Å²) >= 11 is 0. The molecule has 2 atom stereocenters.